The van der Waals surface area contributed by atoms with Crippen molar-refractivity contribution in [2.24, 2.45) is 5.41 Å². The van der Waals surface area contributed by atoms with Crippen LogP contribution in [0.1, 0.15) is 30.7 Å². The van der Waals surface area contributed by atoms with Gasteiger partial charge in [-0.15, -0.1) is 11.3 Å². The summed E-state index contributed by atoms with van der Waals surface area (Å²) >= 11 is 5.06. The minimum absolute atomic E-state index is 0.569. The fourth-order valence-corrected chi connectivity index (χ4v) is 4.49. The van der Waals surface area contributed by atoms with E-state index < -0.39 is 11.4 Å². The zero-order valence-electron chi connectivity index (χ0n) is 10.4. The van der Waals surface area contributed by atoms with Gasteiger partial charge in [-0.1, -0.05) is 28.8 Å². The average molecular weight is 340 g/mol. The molecule has 1 fully saturated rings. The molecule has 0 radical (unpaired) electrons. The molecule has 5 heteroatoms. The highest BCUT2D eigenvalue weighted by Gasteiger charge is 2.42. The summed E-state index contributed by atoms with van der Waals surface area (Å²) in [6.45, 7) is 0. The Morgan fingerprint density at radius 2 is 2.16 bits per heavy atom. The topological polar surface area (TPSA) is 50.2 Å². The summed E-state index contributed by atoms with van der Waals surface area (Å²) in [6, 6.07) is 5.98. The van der Waals surface area contributed by atoms with E-state index in [2.05, 4.69) is 20.9 Å². The van der Waals surface area contributed by atoms with Crippen molar-refractivity contribution >= 4 is 43.5 Å². The Morgan fingerprint density at radius 3 is 2.84 bits per heavy atom. The van der Waals surface area contributed by atoms with Crippen LogP contribution >= 0.6 is 27.3 Å². The molecule has 3 rings (SSSR count). The number of benzene rings is 1. The van der Waals surface area contributed by atoms with E-state index in [1.807, 2.05) is 18.2 Å². The molecule has 0 saturated heterocycles. The molecule has 19 heavy (non-hydrogen) atoms. The van der Waals surface area contributed by atoms with E-state index in [0.29, 0.717) is 6.42 Å². The SMILES string of the molecule is O=C(O)C1(Cc2nc3ccc(Br)cc3s2)CCCC1. The molecule has 0 aliphatic heterocycles. The summed E-state index contributed by atoms with van der Waals surface area (Å²) in [5, 5.41) is 10.5. The summed E-state index contributed by atoms with van der Waals surface area (Å²) in [6.07, 6.45) is 4.16. The molecule has 1 aliphatic rings. The molecular formula is C14H14BrNO2S. The third kappa shape index (κ3) is 2.41. The van der Waals surface area contributed by atoms with E-state index in [9.17, 15) is 9.90 Å². The van der Waals surface area contributed by atoms with Crippen LogP contribution in [0.4, 0.5) is 0 Å². The second-order valence-corrected chi connectivity index (χ2v) is 7.22. The van der Waals surface area contributed by atoms with Crippen LogP contribution in [-0.4, -0.2) is 16.1 Å². The lowest BCUT2D eigenvalue weighted by molar-refractivity contribution is -0.148. The van der Waals surface area contributed by atoms with Crippen LogP contribution in [0, 0.1) is 5.41 Å². The van der Waals surface area contributed by atoms with Crippen molar-refractivity contribution in [1.82, 2.24) is 4.98 Å². The highest BCUT2D eigenvalue weighted by molar-refractivity contribution is 9.10. The summed E-state index contributed by atoms with van der Waals surface area (Å²) in [5.74, 6) is -0.662. The number of carboxylic acids is 1. The molecule has 1 aromatic carbocycles. The fourth-order valence-electron chi connectivity index (χ4n) is 2.83. The maximum Gasteiger partial charge on any atom is 0.310 e. The first kappa shape index (κ1) is 13.1. The van der Waals surface area contributed by atoms with E-state index in [4.69, 9.17) is 0 Å². The number of thiazole rings is 1. The maximum atomic E-state index is 11.6. The van der Waals surface area contributed by atoms with Gasteiger partial charge in [0, 0.05) is 10.9 Å². The molecule has 0 amide bonds. The van der Waals surface area contributed by atoms with Gasteiger partial charge in [0.05, 0.1) is 20.6 Å². The molecule has 1 N–H and O–H groups in total. The summed E-state index contributed by atoms with van der Waals surface area (Å²) in [5.41, 5.74) is 0.382. The Bertz CT molecular complexity index is 631. The molecule has 1 aliphatic carbocycles. The van der Waals surface area contributed by atoms with Crippen LogP contribution in [0.25, 0.3) is 10.2 Å². The Hall–Kier alpha value is -0.940. The number of halogens is 1. The Morgan fingerprint density at radius 1 is 1.42 bits per heavy atom. The zero-order valence-corrected chi connectivity index (χ0v) is 12.8. The molecular weight excluding hydrogens is 326 g/mol. The number of aromatic nitrogens is 1. The molecule has 0 spiro atoms. The Balaban J connectivity index is 1.94. The van der Waals surface area contributed by atoms with Crippen LogP contribution in [0.15, 0.2) is 22.7 Å². The van der Waals surface area contributed by atoms with E-state index in [1.54, 1.807) is 11.3 Å². The number of hydrogen-bond acceptors (Lipinski definition) is 3. The molecule has 0 bridgehead atoms. The van der Waals surface area contributed by atoms with E-state index in [-0.39, 0.29) is 0 Å². The third-order valence-corrected chi connectivity index (χ3v) is 5.41. The lowest BCUT2D eigenvalue weighted by atomic mass is 9.83. The summed E-state index contributed by atoms with van der Waals surface area (Å²) in [4.78, 5) is 16.1. The molecule has 100 valence electrons. The van der Waals surface area contributed by atoms with Crippen molar-refractivity contribution < 1.29 is 9.90 Å². The first-order chi connectivity index (χ1) is 9.09. The fraction of sp³-hybridized carbons (Fsp3) is 0.429. The minimum atomic E-state index is -0.662. The predicted octanol–water partition coefficient (Wildman–Crippen LogP) is 4.25. The van der Waals surface area contributed by atoms with Crippen LogP contribution in [0.3, 0.4) is 0 Å². The van der Waals surface area contributed by atoms with Gasteiger partial charge < -0.3 is 5.11 Å². The van der Waals surface area contributed by atoms with E-state index in [1.165, 1.54) is 0 Å². The Kier molecular flexibility index (Phi) is 3.35. The summed E-state index contributed by atoms with van der Waals surface area (Å²) in [7, 11) is 0. The van der Waals surface area contributed by atoms with Crippen LogP contribution < -0.4 is 0 Å². The first-order valence-corrected chi connectivity index (χ1v) is 7.98. The zero-order chi connectivity index (χ0) is 13.5. The number of carboxylic acid groups (broad SMARTS) is 1. The second-order valence-electron chi connectivity index (χ2n) is 5.19. The van der Waals surface area contributed by atoms with E-state index in [0.717, 1.165) is 45.4 Å². The monoisotopic (exact) mass is 339 g/mol. The van der Waals surface area contributed by atoms with Crippen molar-refractivity contribution in [3.05, 3.63) is 27.7 Å². The van der Waals surface area contributed by atoms with Gasteiger partial charge >= 0.3 is 5.97 Å². The van der Waals surface area contributed by atoms with Crippen molar-refractivity contribution in [2.45, 2.75) is 32.1 Å². The number of hydrogen-bond donors (Lipinski definition) is 1. The molecule has 3 nitrogen and oxygen atoms in total. The van der Waals surface area contributed by atoms with Crippen LogP contribution in [0.2, 0.25) is 0 Å². The predicted molar refractivity (Wildman–Crippen MR) is 79.6 cm³/mol. The van der Waals surface area contributed by atoms with Crippen molar-refractivity contribution in [3.63, 3.8) is 0 Å². The Labute approximate surface area is 123 Å². The first-order valence-electron chi connectivity index (χ1n) is 6.37. The number of rotatable bonds is 3. The van der Waals surface area contributed by atoms with Gasteiger partial charge in [-0.25, -0.2) is 4.98 Å². The smallest absolute Gasteiger partial charge is 0.310 e. The van der Waals surface area contributed by atoms with Gasteiger partial charge in [0.1, 0.15) is 0 Å². The quantitative estimate of drug-likeness (QED) is 0.909. The van der Waals surface area contributed by atoms with Crippen molar-refractivity contribution in [2.75, 3.05) is 0 Å². The standard InChI is InChI=1S/C14H14BrNO2S/c15-9-3-4-10-11(7-9)19-12(16-10)8-14(13(17)18)5-1-2-6-14/h3-4,7H,1-2,5-6,8H2,(H,17,18). The largest absolute Gasteiger partial charge is 0.481 e. The molecule has 1 aromatic heterocycles. The second kappa shape index (κ2) is 4.87. The molecule has 1 saturated carbocycles. The normalized spacial score (nSPS) is 17.9. The highest BCUT2D eigenvalue weighted by Crippen LogP contribution is 2.42. The minimum Gasteiger partial charge on any atom is -0.481 e. The molecule has 1 heterocycles. The van der Waals surface area contributed by atoms with Gasteiger partial charge in [-0.05, 0) is 31.0 Å². The number of fused-ring (bicyclic) bond motifs is 1. The number of aliphatic carboxylic acids is 1. The van der Waals surface area contributed by atoms with Gasteiger partial charge in [0.15, 0.2) is 0 Å². The molecule has 2 aromatic rings. The average Bonchev–Trinajstić information content (AvgIpc) is 2.96. The number of nitrogens with zero attached hydrogens (tertiary/aromatic N) is 1. The van der Waals surface area contributed by atoms with Gasteiger partial charge in [-0.2, -0.15) is 0 Å². The number of carbonyl (C=O) groups is 1. The van der Waals surface area contributed by atoms with Crippen LogP contribution in [-0.2, 0) is 11.2 Å². The third-order valence-electron chi connectivity index (χ3n) is 3.90. The van der Waals surface area contributed by atoms with Crippen molar-refractivity contribution in [1.29, 1.82) is 0 Å². The summed E-state index contributed by atoms with van der Waals surface area (Å²) < 4.78 is 2.15. The molecule has 0 atom stereocenters. The lowest BCUT2D eigenvalue weighted by Gasteiger charge is -2.21. The molecule has 0 unspecified atom stereocenters. The van der Waals surface area contributed by atoms with E-state index >= 15 is 0 Å². The van der Waals surface area contributed by atoms with Gasteiger partial charge in [-0.3, -0.25) is 4.79 Å². The maximum absolute atomic E-state index is 11.6. The van der Waals surface area contributed by atoms with Gasteiger partial charge in [0.25, 0.3) is 0 Å². The van der Waals surface area contributed by atoms with Crippen LogP contribution in [0.5, 0.6) is 0 Å². The van der Waals surface area contributed by atoms with Gasteiger partial charge in [0.2, 0.25) is 0 Å². The lowest BCUT2D eigenvalue weighted by Crippen LogP contribution is -2.30. The van der Waals surface area contributed by atoms with Crippen molar-refractivity contribution in [3.8, 4) is 0 Å². The highest BCUT2D eigenvalue weighted by atomic mass is 79.9.